The first-order chi connectivity index (χ1) is 15.9. The number of carbonyl (C=O) groups excluding carboxylic acids is 1. The van der Waals surface area contributed by atoms with Gasteiger partial charge in [0.25, 0.3) is 11.8 Å². The van der Waals surface area contributed by atoms with Gasteiger partial charge in [0.05, 0.1) is 17.7 Å². The molecule has 1 amide bonds. The lowest BCUT2D eigenvalue weighted by Gasteiger charge is -2.33. The van der Waals surface area contributed by atoms with E-state index in [-0.39, 0.29) is 47.6 Å². The van der Waals surface area contributed by atoms with Crippen molar-refractivity contribution in [2.24, 2.45) is 0 Å². The third-order valence-electron chi connectivity index (χ3n) is 5.19. The molecule has 0 unspecified atom stereocenters. The predicted molar refractivity (Wildman–Crippen MR) is 113 cm³/mol. The highest BCUT2D eigenvalue weighted by atomic mass is 32.2. The number of hydrogen-bond donors (Lipinski definition) is 1. The molecule has 0 aliphatic carbocycles. The number of halogens is 3. The number of fused-ring (bicyclic) bond motifs is 1. The van der Waals surface area contributed by atoms with Gasteiger partial charge in [0.2, 0.25) is 5.82 Å². The minimum Gasteiger partial charge on any atom is -0.478 e. The third-order valence-corrected chi connectivity index (χ3v) is 6.85. The normalized spacial score (nSPS) is 17.3. The number of pyridine rings is 2. The van der Waals surface area contributed by atoms with Crippen LogP contribution in [-0.2, 0) is 9.84 Å². The van der Waals surface area contributed by atoms with Gasteiger partial charge in [-0.05, 0) is 44.0 Å². The summed E-state index contributed by atoms with van der Waals surface area (Å²) in [7, 11) is -3.09. The molecule has 0 radical (unpaired) electrons. The molecule has 1 N–H and O–H groups in total. The Kier molecular flexibility index (Phi) is 6.10. The zero-order valence-corrected chi connectivity index (χ0v) is 18.7. The van der Waals surface area contributed by atoms with Crippen LogP contribution in [0.15, 0.2) is 36.7 Å². The van der Waals surface area contributed by atoms with Gasteiger partial charge in [0.15, 0.2) is 18.0 Å². The Labute approximate surface area is 192 Å². The van der Waals surface area contributed by atoms with Crippen molar-refractivity contribution in [1.29, 1.82) is 0 Å². The fraction of sp³-hybridized carbons (Fsp3) is 0.400. The van der Waals surface area contributed by atoms with E-state index in [0.717, 1.165) is 0 Å². The number of aromatic nitrogens is 4. The number of rotatable bonds is 6. The molecule has 0 atom stereocenters. The molecule has 34 heavy (non-hydrogen) atoms. The van der Waals surface area contributed by atoms with E-state index in [0.29, 0.717) is 5.65 Å². The molecule has 4 rings (SSSR count). The first-order valence-corrected chi connectivity index (χ1v) is 12.0. The lowest BCUT2D eigenvalue weighted by Crippen LogP contribution is -2.51. The van der Waals surface area contributed by atoms with Crippen molar-refractivity contribution in [1.82, 2.24) is 24.9 Å². The quantitative estimate of drug-likeness (QED) is 0.549. The monoisotopic (exact) mass is 499 g/mol. The van der Waals surface area contributed by atoms with Crippen molar-refractivity contribution in [3.8, 4) is 17.4 Å². The van der Waals surface area contributed by atoms with Gasteiger partial charge < -0.3 is 14.8 Å². The topological polar surface area (TPSA) is 125 Å². The summed E-state index contributed by atoms with van der Waals surface area (Å²) in [5.41, 5.74) is -0.372. The maximum absolute atomic E-state index is 12.7. The average Bonchev–Trinajstić information content (AvgIpc) is 3.19. The first-order valence-electron chi connectivity index (χ1n) is 10.1. The molecule has 3 aromatic heterocycles. The molecule has 182 valence electrons. The zero-order valence-electron chi connectivity index (χ0n) is 17.9. The molecule has 3 aromatic rings. The summed E-state index contributed by atoms with van der Waals surface area (Å²) in [5.74, 6) is -0.897. The van der Waals surface area contributed by atoms with Gasteiger partial charge >= 0.3 is 6.18 Å². The van der Waals surface area contributed by atoms with Crippen LogP contribution >= 0.6 is 0 Å². The fourth-order valence-corrected chi connectivity index (χ4v) is 5.03. The first kappa shape index (κ1) is 23.7. The van der Waals surface area contributed by atoms with Crippen LogP contribution in [0.2, 0.25) is 0 Å². The van der Waals surface area contributed by atoms with E-state index < -0.39 is 34.1 Å². The molecule has 1 aliphatic rings. The Hall–Kier alpha value is -3.42. The Balaban J connectivity index is 1.48. The molecule has 0 bridgehead atoms. The van der Waals surface area contributed by atoms with Gasteiger partial charge in [-0.2, -0.15) is 13.2 Å². The molecule has 4 heterocycles. The van der Waals surface area contributed by atoms with Crippen LogP contribution in [-0.4, -0.2) is 63.7 Å². The van der Waals surface area contributed by atoms with E-state index >= 15 is 0 Å². The second-order valence-corrected chi connectivity index (χ2v) is 10.4. The number of hydrogen-bond acceptors (Lipinski definition) is 8. The minimum atomic E-state index is -4.52. The maximum atomic E-state index is 12.7. The molecule has 1 fully saturated rings. The number of amides is 1. The van der Waals surface area contributed by atoms with Crippen LogP contribution in [0, 0.1) is 0 Å². The Bertz CT molecular complexity index is 1310. The van der Waals surface area contributed by atoms with Gasteiger partial charge in [-0.25, -0.2) is 22.9 Å². The summed E-state index contributed by atoms with van der Waals surface area (Å²) in [6.07, 6.45) is -1.23. The fourth-order valence-electron chi connectivity index (χ4n) is 3.30. The molecule has 0 aromatic carbocycles. The standard InChI is InChI=1S/C20H20F3N5O5S/c1-19(6-9-34(30,31)10-7-19)26-17(29)16-25-15-5-4-13(11-28(15)27-16)33-18-14(3-2-8-24-18)32-12-20(21,22)23/h2-5,8,11H,6-7,9-10,12H2,1H3,(H,26,29). The van der Waals surface area contributed by atoms with E-state index in [2.05, 4.69) is 20.4 Å². The predicted octanol–water partition coefficient (Wildman–Crippen LogP) is 2.55. The van der Waals surface area contributed by atoms with Crippen molar-refractivity contribution in [2.75, 3.05) is 18.1 Å². The number of ether oxygens (including phenoxy) is 2. The summed E-state index contributed by atoms with van der Waals surface area (Å²) < 4.78 is 72.4. The Morgan fingerprint density at radius 1 is 1.24 bits per heavy atom. The summed E-state index contributed by atoms with van der Waals surface area (Å²) in [6.45, 7) is 0.271. The van der Waals surface area contributed by atoms with Crippen LogP contribution in [0.4, 0.5) is 13.2 Å². The second kappa shape index (κ2) is 8.74. The summed E-state index contributed by atoms with van der Waals surface area (Å²) in [5, 5.41) is 6.93. The number of nitrogens with one attached hydrogen (secondary N) is 1. The summed E-state index contributed by atoms with van der Waals surface area (Å²) >= 11 is 0. The number of carbonyl (C=O) groups is 1. The molecular weight excluding hydrogens is 479 g/mol. The van der Waals surface area contributed by atoms with Crippen molar-refractivity contribution >= 4 is 21.4 Å². The number of sulfone groups is 1. The number of alkyl halides is 3. The minimum absolute atomic E-state index is 0.00866. The summed E-state index contributed by atoms with van der Waals surface area (Å²) in [4.78, 5) is 20.7. The van der Waals surface area contributed by atoms with Crippen molar-refractivity contribution in [3.05, 3.63) is 42.5 Å². The van der Waals surface area contributed by atoms with Gasteiger partial charge in [-0.1, -0.05) is 0 Å². The van der Waals surface area contributed by atoms with Crippen LogP contribution in [0.1, 0.15) is 30.4 Å². The largest absolute Gasteiger partial charge is 0.478 e. The zero-order chi connectivity index (χ0) is 24.6. The van der Waals surface area contributed by atoms with E-state index in [1.807, 2.05) is 0 Å². The maximum Gasteiger partial charge on any atom is 0.422 e. The van der Waals surface area contributed by atoms with Crippen molar-refractivity contribution < 1.29 is 35.9 Å². The van der Waals surface area contributed by atoms with Gasteiger partial charge in [-0.15, -0.1) is 5.10 Å². The Morgan fingerprint density at radius 2 is 1.97 bits per heavy atom. The van der Waals surface area contributed by atoms with Crippen molar-refractivity contribution in [3.63, 3.8) is 0 Å². The molecule has 14 heteroatoms. The van der Waals surface area contributed by atoms with E-state index in [1.165, 1.54) is 41.2 Å². The highest BCUT2D eigenvalue weighted by Gasteiger charge is 2.35. The van der Waals surface area contributed by atoms with Crippen LogP contribution in [0.3, 0.4) is 0 Å². The second-order valence-electron chi connectivity index (χ2n) is 8.08. The lowest BCUT2D eigenvalue weighted by atomic mass is 9.95. The van der Waals surface area contributed by atoms with Gasteiger partial charge in [-0.3, -0.25) is 4.79 Å². The average molecular weight is 499 g/mol. The Morgan fingerprint density at radius 3 is 2.68 bits per heavy atom. The molecule has 1 saturated heterocycles. The highest BCUT2D eigenvalue weighted by Crippen LogP contribution is 2.30. The lowest BCUT2D eigenvalue weighted by molar-refractivity contribution is -0.153. The van der Waals surface area contributed by atoms with Crippen LogP contribution in [0.5, 0.6) is 17.4 Å². The molecular formula is C20H20F3N5O5S. The molecule has 1 aliphatic heterocycles. The van der Waals surface area contributed by atoms with Gasteiger partial charge in [0, 0.05) is 11.7 Å². The highest BCUT2D eigenvalue weighted by molar-refractivity contribution is 7.91. The van der Waals surface area contributed by atoms with E-state index in [9.17, 15) is 26.4 Å². The van der Waals surface area contributed by atoms with E-state index in [1.54, 1.807) is 6.92 Å². The summed E-state index contributed by atoms with van der Waals surface area (Å²) in [6, 6.07) is 5.70. The molecule has 0 saturated carbocycles. The van der Waals surface area contributed by atoms with Gasteiger partial charge in [0.1, 0.15) is 15.6 Å². The molecule has 10 nitrogen and oxygen atoms in total. The smallest absolute Gasteiger partial charge is 0.422 e. The van der Waals surface area contributed by atoms with E-state index in [4.69, 9.17) is 9.47 Å². The number of nitrogens with zero attached hydrogens (tertiary/aromatic N) is 4. The third kappa shape index (κ3) is 5.73. The van der Waals surface area contributed by atoms with Crippen LogP contribution in [0.25, 0.3) is 5.65 Å². The van der Waals surface area contributed by atoms with Crippen molar-refractivity contribution in [2.45, 2.75) is 31.5 Å². The SMILES string of the molecule is CC1(NC(=O)c2nc3ccc(Oc4ncccc4OCC(F)(F)F)cn3n2)CCS(=O)(=O)CC1. The molecule has 0 spiro atoms. The van der Waals surface area contributed by atoms with Crippen LogP contribution < -0.4 is 14.8 Å².